The number of nitrogens with one attached hydrogen (secondary N) is 1. The van der Waals surface area contributed by atoms with Gasteiger partial charge in [-0.15, -0.1) is 0 Å². The molecule has 1 aliphatic rings. The van der Waals surface area contributed by atoms with Gasteiger partial charge in [0.25, 0.3) is 5.91 Å². The number of ketones is 1. The van der Waals surface area contributed by atoms with Crippen molar-refractivity contribution in [3.8, 4) is 11.1 Å². The Balaban J connectivity index is 1.43. The summed E-state index contributed by atoms with van der Waals surface area (Å²) in [5.74, 6) is -2.24. The lowest BCUT2D eigenvalue weighted by Gasteiger charge is -2.27. The Morgan fingerprint density at radius 1 is 0.727 bits per heavy atom. The van der Waals surface area contributed by atoms with Gasteiger partial charge in [0.1, 0.15) is 0 Å². The van der Waals surface area contributed by atoms with E-state index in [1.165, 1.54) is 0 Å². The van der Waals surface area contributed by atoms with E-state index in [-0.39, 0.29) is 11.7 Å². The lowest BCUT2D eigenvalue weighted by atomic mass is 9.75. The fraction of sp³-hybridized carbons (Fsp3) is 0.222. The summed E-state index contributed by atoms with van der Waals surface area (Å²) in [6.45, 7) is 0. The summed E-state index contributed by atoms with van der Waals surface area (Å²) in [6.07, 6.45) is 2.93. The van der Waals surface area contributed by atoms with Crippen molar-refractivity contribution < 1.29 is 19.5 Å². The quantitative estimate of drug-likeness (QED) is 0.420. The lowest BCUT2D eigenvalue weighted by Crippen LogP contribution is -2.32. The van der Waals surface area contributed by atoms with E-state index in [1.807, 2.05) is 36.4 Å². The van der Waals surface area contributed by atoms with Crippen molar-refractivity contribution in [3.63, 3.8) is 0 Å². The molecule has 3 aromatic carbocycles. The zero-order valence-corrected chi connectivity index (χ0v) is 18.7. The molecule has 1 amide bonds. The number of amides is 1. The van der Waals surface area contributed by atoms with E-state index in [1.54, 1.807) is 36.4 Å². The molecule has 0 spiro atoms. The van der Waals surface area contributed by atoms with Crippen molar-refractivity contribution in [1.29, 1.82) is 0 Å². The zero-order chi connectivity index (χ0) is 23.4. The predicted octanol–water partition coefficient (Wildman–Crippen LogP) is 6.33. The summed E-state index contributed by atoms with van der Waals surface area (Å²) in [5.41, 5.74) is 3.61. The molecule has 33 heavy (non-hydrogen) atoms. The highest BCUT2D eigenvalue weighted by Crippen LogP contribution is 2.33. The van der Waals surface area contributed by atoms with Gasteiger partial charge in [0.2, 0.25) is 0 Å². The molecule has 2 atom stereocenters. The number of hydrogen-bond donors (Lipinski definition) is 2. The summed E-state index contributed by atoms with van der Waals surface area (Å²) >= 11 is 5.86. The molecule has 0 aliphatic heterocycles. The molecule has 0 aromatic heterocycles. The summed E-state index contributed by atoms with van der Waals surface area (Å²) in [7, 11) is 0. The average Bonchev–Trinajstić information content (AvgIpc) is 2.84. The van der Waals surface area contributed by atoms with Crippen LogP contribution in [-0.4, -0.2) is 22.8 Å². The number of hydrogen-bond acceptors (Lipinski definition) is 3. The first-order chi connectivity index (χ1) is 15.9. The van der Waals surface area contributed by atoms with Gasteiger partial charge in [-0.2, -0.15) is 0 Å². The van der Waals surface area contributed by atoms with E-state index in [9.17, 15) is 19.5 Å². The number of halogens is 1. The SMILES string of the molecule is O=C(Nc1ccc(-c2ccc(C(=O)C3CCCCC3C(=O)O)cc2)cc1)c1ccc(Cl)cc1. The first-order valence-electron chi connectivity index (χ1n) is 11.0. The van der Waals surface area contributed by atoms with Gasteiger partial charge >= 0.3 is 5.97 Å². The highest BCUT2D eigenvalue weighted by Gasteiger charge is 2.35. The first-order valence-corrected chi connectivity index (χ1v) is 11.3. The molecule has 0 radical (unpaired) electrons. The van der Waals surface area contributed by atoms with Gasteiger partial charge in [-0.05, 0) is 60.4 Å². The van der Waals surface area contributed by atoms with Crippen molar-refractivity contribution in [3.05, 3.63) is 88.9 Å². The third-order valence-electron chi connectivity index (χ3n) is 6.17. The summed E-state index contributed by atoms with van der Waals surface area (Å²) in [4.78, 5) is 36.8. The van der Waals surface area contributed by atoms with E-state index < -0.39 is 17.8 Å². The van der Waals surface area contributed by atoms with Crippen LogP contribution in [0.25, 0.3) is 11.1 Å². The lowest BCUT2D eigenvalue weighted by molar-refractivity contribution is -0.144. The maximum Gasteiger partial charge on any atom is 0.307 e. The molecular weight excluding hydrogens is 438 g/mol. The minimum absolute atomic E-state index is 0.0890. The van der Waals surface area contributed by atoms with Crippen LogP contribution in [0.1, 0.15) is 46.4 Å². The molecule has 1 saturated carbocycles. The number of carboxylic acids is 1. The minimum Gasteiger partial charge on any atom is -0.481 e. The Kier molecular flexibility index (Phi) is 6.90. The summed E-state index contributed by atoms with van der Waals surface area (Å²) in [5, 5.41) is 12.9. The van der Waals surface area contributed by atoms with E-state index in [4.69, 9.17) is 11.6 Å². The maximum absolute atomic E-state index is 12.9. The number of Topliss-reactive ketones (excluding diaryl/α,β-unsaturated/α-hetero) is 1. The first kappa shape index (κ1) is 22.7. The second-order valence-corrected chi connectivity index (χ2v) is 8.75. The molecule has 4 rings (SSSR count). The fourth-order valence-electron chi connectivity index (χ4n) is 4.33. The van der Waals surface area contributed by atoms with Gasteiger partial charge < -0.3 is 10.4 Å². The van der Waals surface area contributed by atoms with Gasteiger partial charge in [0.05, 0.1) is 5.92 Å². The van der Waals surface area contributed by atoms with Crippen molar-refractivity contribution in [2.45, 2.75) is 25.7 Å². The standard InChI is InChI=1S/C27H24ClNO4/c28-21-13-9-20(10-14-21)26(31)29-22-15-11-18(12-16-22)17-5-7-19(8-6-17)25(30)23-3-1-2-4-24(23)27(32)33/h5-16,23-24H,1-4H2,(H,29,31)(H,32,33). The van der Waals surface area contributed by atoms with E-state index in [2.05, 4.69) is 5.32 Å². The molecule has 0 bridgehead atoms. The zero-order valence-electron chi connectivity index (χ0n) is 18.0. The van der Waals surface area contributed by atoms with E-state index in [0.29, 0.717) is 34.7 Å². The van der Waals surface area contributed by atoms with Crippen LogP contribution in [0.15, 0.2) is 72.8 Å². The van der Waals surface area contributed by atoms with Crippen LogP contribution in [-0.2, 0) is 4.79 Å². The third kappa shape index (κ3) is 5.32. The van der Waals surface area contributed by atoms with Gasteiger partial charge in [0, 0.05) is 27.8 Å². The highest BCUT2D eigenvalue weighted by atomic mass is 35.5. The largest absolute Gasteiger partial charge is 0.481 e. The third-order valence-corrected chi connectivity index (χ3v) is 6.42. The number of rotatable bonds is 6. The molecular formula is C27H24ClNO4. The van der Waals surface area contributed by atoms with Crippen molar-refractivity contribution in [1.82, 2.24) is 0 Å². The number of benzene rings is 3. The number of carbonyl (C=O) groups excluding carboxylic acids is 2. The number of anilines is 1. The molecule has 1 aliphatic carbocycles. The van der Waals surface area contributed by atoms with Crippen LogP contribution < -0.4 is 5.32 Å². The van der Waals surface area contributed by atoms with Gasteiger partial charge in [-0.3, -0.25) is 14.4 Å². The molecule has 3 aromatic rings. The summed E-state index contributed by atoms with van der Waals surface area (Å²) < 4.78 is 0. The molecule has 0 heterocycles. The fourth-order valence-corrected chi connectivity index (χ4v) is 4.46. The Hall–Kier alpha value is -3.44. The van der Waals surface area contributed by atoms with Crippen LogP contribution in [0, 0.1) is 11.8 Å². The Morgan fingerprint density at radius 2 is 1.24 bits per heavy atom. The molecule has 2 N–H and O–H groups in total. The number of aliphatic carboxylic acids is 1. The number of carbonyl (C=O) groups is 3. The molecule has 1 fully saturated rings. The second-order valence-electron chi connectivity index (χ2n) is 8.32. The summed E-state index contributed by atoms with van der Waals surface area (Å²) in [6, 6.07) is 21.4. The van der Waals surface area contributed by atoms with Gasteiger partial charge in [0.15, 0.2) is 5.78 Å². The maximum atomic E-state index is 12.9. The Morgan fingerprint density at radius 3 is 1.82 bits per heavy atom. The second kappa shape index (κ2) is 10.0. The normalized spacial score (nSPS) is 17.8. The molecule has 6 heteroatoms. The topological polar surface area (TPSA) is 83.5 Å². The average molecular weight is 462 g/mol. The Labute approximate surface area is 197 Å². The predicted molar refractivity (Wildman–Crippen MR) is 129 cm³/mol. The van der Waals surface area contributed by atoms with E-state index >= 15 is 0 Å². The Bertz CT molecular complexity index is 1150. The van der Waals surface area contributed by atoms with Gasteiger partial charge in [-0.25, -0.2) is 0 Å². The smallest absolute Gasteiger partial charge is 0.307 e. The highest BCUT2D eigenvalue weighted by molar-refractivity contribution is 6.30. The molecule has 2 unspecified atom stereocenters. The van der Waals surface area contributed by atoms with Crippen LogP contribution in [0.4, 0.5) is 5.69 Å². The molecule has 5 nitrogen and oxygen atoms in total. The van der Waals surface area contributed by atoms with E-state index in [0.717, 1.165) is 24.0 Å². The van der Waals surface area contributed by atoms with Crippen molar-refractivity contribution in [2.24, 2.45) is 11.8 Å². The van der Waals surface area contributed by atoms with Crippen molar-refractivity contribution >= 4 is 34.9 Å². The molecule has 0 saturated heterocycles. The van der Waals surface area contributed by atoms with Crippen LogP contribution in [0.3, 0.4) is 0 Å². The minimum atomic E-state index is -0.882. The van der Waals surface area contributed by atoms with Crippen LogP contribution in [0.2, 0.25) is 5.02 Å². The molecule has 168 valence electrons. The van der Waals surface area contributed by atoms with Crippen LogP contribution in [0.5, 0.6) is 0 Å². The van der Waals surface area contributed by atoms with Gasteiger partial charge in [-0.1, -0.05) is 60.8 Å². The van der Waals surface area contributed by atoms with Crippen LogP contribution >= 0.6 is 11.6 Å². The monoisotopic (exact) mass is 461 g/mol. The number of carboxylic acid groups (broad SMARTS) is 1. The van der Waals surface area contributed by atoms with Crippen molar-refractivity contribution in [2.75, 3.05) is 5.32 Å².